The topological polar surface area (TPSA) is 78.9 Å². The van der Waals surface area contributed by atoms with Gasteiger partial charge < -0.3 is 14.2 Å². The van der Waals surface area contributed by atoms with Gasteiger partial charge >= 0.3 is 10.1 Å². The first-order valence-electron chi connectivity index (χ1n) is 6.94. The Bertz CT molecular complexity index is 778. The van der Waals surface area contributed by atoms with Crippen LogP contribution in [-0.4, -0.2) is 33.0 Å². The van der Waals surface area contributed by atoms with Gasteiger partial charge in [0.25, 0.3) is 0 Å². The molecule has 6 nitrogen and oxygen atoms in total. The fourth-order valence-electron chi connectivity index (χ4n) is 2.29. The van der Waals surface area contributed by atoms with Gasteiger partial charge in [-0.25, -0.2) is 0 Å². The highest BCUT2D eigenvalue weighted by Gasteiger charge is 2.22. The van der Waals surface area contributed by atoms with E-state index in [2.05, 4.69) is 5.32 Å². The van der Waals surface area contributed by atoms with Crippen molar-refractivity contribution in [1.29, 1.82) is 0 Å². The van der Waals surface area contributed by atoms with E-state index in [1.165, 1.54) is 24.3 Å². The molecule has 2 N–H and O–H groups in total. The van der Waals surface area contributed by atoms with Gasteiger partial charge in [-0.3, -0.25) is 5.32 Å². The van der Waals surface area contributed by atoms with E-state index in [-0.39, 0.29) is 10.6 Å². The molecular formula is C15H15ClN2O4S. The van der Waals surface area contributed by atoms with E-state index >= 15 is 0 Å². The van der Waals surface area contributed by atoms with Crippen LogP contribution in [0.1, 0.15) is 0 Å². The molecule has 3 rings (SSSR count). The number of aliphatic hydroxyl groups excluding tert-OH is 1. The quantitative estimate of drug-likeness (QED) is 0.815. The second-order valence-corrected chi connectivity index (χ2v) is 6.99. The van der Waals surface area contributed by atoms with E-state index in [0.29, 0.717) is 18.1 Å². The number of anilines is 1. The summed E-state index contributed by atoms with van der Waals surface area (Å²) in [5.74, 6) is 0.192. The molecule has 1 unspecified atom stereocenters. The molecule has 2 aromatic carbocycles. The van der Waals surface area contributed by atoms with Crippen LogP contribution in [0.4, 0.5) is 5.69 Å². The molecule has 0 radical (unpaired) electrons. The van der Waals surface area contributed by atoms with Crippen LogP contribution in [0.5, 0.6) is 5.75 Å². The Morgan fingerprint density at radius 3 is 2.35 bits per heavy atom. The summed E-state index contributed by atoms with van der Waals surface area (Å²) in [5.41, 5.74) is 0.730. The second kappa shape index (κ2) is 6.37. The van der Waals surface area contributed by atoms with Crippen molar-refractivity contribution in [2.45, 2.75) is 11.2 Å². The Hall–Kier alpha value is -1.80. The highest BCUT2D eigenvalue weighted by atomic mass is 35.5. The molecule has 2 aromatic rings. The molecule has 8 heteroatoms. The van der Waals surface area contributed by atoms with Crippen molar-refractivity contribution in [3.05, 3.63) is 53.6 Å². The average Bonchev–Trinajstić information content (AvgIpc) is 2.96. The molecule has 1 heterocycles. The fourth-order valence-corrected chi connectivity index (χ4v) is 3.34. The van der Waals surface area contributed by atoms with Crippen molar-refractivity contribution in [3.63, 3.8) is 0 Å². The van der Waals surface area contributed by atoms with Crippen LogP contribution in [0.25, 0.3) is 0 Å². The predicted molar refractivity (Wildman–Crippen MR) is 87.1 cm³/mol. The van der Waals surface area contributed by atoms with Gasteiger partial charge in [-0.2, -0.15) is 8.42 Å². The molecule has 23 heavy (non-hydrogen) atoms. The molecule has 1 atom stereocenters. The molecule has 1 fully saturated rings. The number of hydrogen-bond acceptors (Lipinski definition) is 6. The second-order valence-electron chi connectivity index (χ2n) is 5.01. The third-order valence-corrected chi connectivity index (χ3v) is 4.96. The summed E-state index contributed by atoms with van der Waals surface area (Å²) >= 11 is 5.76. The molecule has 1 saturated heterocycles. The molecular weight excluding hydrogens is 340 g/mol. The van der Waals surface area contributed by atoms with Gasteiger partial charge in [-0.05, 0) is 48.5 Å². The lowest BCUT2D eigenvalue weighted by Gasteiger charge is -2.21. The van der Waals surface area contributed by atoms with Gasteiger partial charge in [0.1, 0.15) is 10.6 Å². The van der Waals surface area contributed by atoms with Crippen LogP contribution in [0, 0.1) is 0 Å². The van der Waals surface area contributed by atoms with Crippen molar-refractivity contribution in [3.8, 4) is 5.75 Å². The third kappa shape index (κ3) is 3.59. The lowest BCUT2D eigenvalue weighted by atomic mass is 10.3. The average molecular weight is 355 g/mol. The van der Waals surface area contributed by atoms with Crippen molar-refractivity contribution in [1.82, 2.24) is 5.32 Å². The molecule has 0 aliphatic carbocycles. The minimum Gasteiger partial charge on any atom is -0.379 e. The van der Waals surface area contributed by atoms with E-state index in [1.54, 1.807) is 29.2 Å². The number of halogens is 1. The number of benzene rings is 2. The van der Waals surface area contributed by atoms with Gasteiger partial charge in [0.2, 0.25) is 0 Å². The Morgan fingerprint density at radius 1 is 1.13 bits per heavy atom. The van der Waals surface area contributed by atoms with Crippen molar-refractivity contribution in [2.75, 3.05) is 18.0 Å². The van der Waals surface area contributed by atoms with E-state index < -0.39 is 16.5 Å². The standard InChI is InChI=1S/C15H15ClN2O4S/c16-11-1-5-13(6-2-11)22-23(20,21)14-7-3-12(4-8-14)18-10-9-17-15(18)19/h1-8,15,17,19H,9-10H2. The SMILES string of the molecule is O=S(=O)(Oc1ccc(Cl)cc1)c1ccc(N2CCNC2O)cc1. The predicted octanol–water partition coefficient (Wildman–Crippen LogP) is 1.79. The molecule has 0 bridgehead atoms. The van der Waals surface area contributed by atoms with Gasteiger partial charge in [-0.15, -0.1) is 0 Å². The highest BCUT2D eigenvalue weighted by molar-refractivity contribution is 7.87. The zero-order chi connectivity index (χ0) is 16.4. The molecule has 0 aromatic heterocycles. The third-order valence-electron chi connectivity index (χ3n) is 3.45. The number of hydrogen-bond donors (Lipinski definition) is 2. The lowest BCUT2D eigenvalue weighted by molar-refractivity contribution is 0.163. The number of nitrogens with zero attached hydrogens (tertiary/aromatic N) is 1. The largest absolute Gasteiger partial charge is 0.379 e. The van der Waals surface area contributed by atoms with Crippen LogP contribution in [0.3, 0.4) is 0 Å². The maximum absolute atomic E-state index is 12.3. The van der Waals surface area contributed by atoms with E-state index in [4.69, 9.17) is 15.8 Å². The smallest absolute Gasteiger partial charge is 0.339 e. The molecule has 122 valence electrons. The monoisotopic (exact) mass is 354 g/mol. The van der Waals surface area contributed by atoms with Gasteiger partial charge in [0, 0.05) is 23.8 Å². The Balaban J connectivity index is 1.78. The zero-order valence-electron chi connectivity index (χ0n) is 12.0. The molecule has 0 saturated carbocycles. The zero-order valence-corrected chi connectivity index (χ0v) is 13.6. The summed E-state index contributed by atoms with van der Waals surface area (Å²) in [4.78, 5) is 1.77. The van der Waals surface area contributed by atoms with Gasteiger partial charge in [-0.1, -0.05) is 11.6 Å². The van der Waals surface area contributed by atoms with Crippen molar-refractivity contribution >= 4 is 27.4 Å². The lowest BCUT2D eigenvalue weighted by Crippen LogP contribution is -2.35. The number of rotatable bonds is 4. The minimum absolute atomic E-state index is 0.0397. The van der Waals surface area contributed by atoms with Crippen molar-refractivity contribution < 1.29 is 17.7 Å². The summed E-state index contributed by atoms with van der Waals surface area (Å²) in [6.07, 6.45) is -0.761. The number of aliphatic hydroxyl groups is 1. The molecule has 0 amide bonds. The Kier molecular flexibility index (Phi) is 4.45. The van der Waals surface area contributed by atoms with Gasteiger partial charge in [0.15, 0.2) is 6.35 Å². The van der Waals surface area contributed by atoms with E-state index in [1.807, 2.05) is 0 Å². The Labute approximate surface area is 139 Å². The minimum atomic E-state index is -3.92. The normalized spacial score (nSPS) is 18.2. The fraction of sp³-hybridized carbons (Fsp3) is 0.200. The first kappa shape index (κ1) is 16.1. The highest BCUT2D eigenvalue weighted by Crippen LogP contribution is 2.24. The molecule has 1 aliphatic rings. The van der Waals surface area contributed by atoms with E-state index in [0.717, 1.165) is 5.69 Å². The maximum Gasteiger partial charge on any atom is 0.339 e. The molecule has 1 aliphatic heterocycles. The van der Waals surface area contributed by atoms with Crippen LogP contribution in [0.15, 0.2) is 53.4 Å². The van der Waals surface area contributed by atoms with Gasteiger partial charge in [0.05, 0.1) is 0 Å². The number of nitrogens with one attached hydrogen (secondary N) is 1. The summed E-state index contributed by atoms with van der Waals surface area (Å²) in [6, 6.07) is 12.2. The summed E-state index contributed by atoms with van der Waals surface area (Å²) in [7, 11) is -3.92. The van der Waals surface area contributed by atoms with Crippen LogP contribution in [-0.2, 0) is 10.1 Å². The summed E-state index contributed by atoms with van der Waals surface area (Å²) in [6.45, 7) is 1.31. The Morgan fingerprint density at radius 2 is 1.78 bits per heavy atom. The summed E-state index contributed by atoms with van der Waals surface area (Å²) in [5, 5.41) is 13.1. The van der Waals surface area contributed by atoms with Crippen molar-refractivity contribution in [2.24, 2.45) is 0 Å². The van der Waals surface area contributed by atoms with E-state index in [9.17, 15) is 13.5 Å². The maximum atomic E-state index is 12.3. The van der Waals surface area contributed by atoms with Crippen LogP contribution < -0.4 is 14.4 Å². The first-order chi connectivity index (χ1) is 11.0. The van der Waals surface area contributed by atoms with Crippen LogP contribution in [0.2, 0.25) is 5.02 Å². The molecule has 0 spiro atoms. The first-order valence-corrected chi connectivity index (χ1v) is 8.72. The summed E-state index contributed by atoms with van der Waals surface area (Å²) < 4.78 is 29.6. The van der Waals surface area contributed by atoms with Crippen LogP contribution >= 0.6 is 11.6 Å².